The van der Waals surface area contributed by atoms with Crippen molar-refractivity contribution in [1.29, 1.82) is 0 Å². The Hall–Kier alpha value is -1.86. The minimum absolute atomic E-state index is 0.0421. The molecular formula is C15H19ClO6Si. The standard InChI is InChI=1S/C15H19ClO6Si/c1-9(2)12(17)20-15(7-8-23-16,21-13(18)10(3)4)22-14(19)11(5)6/h1,3,5,7-8H2,2,4,6H3. The molecule has 0 saturated heterocycles. The number of hydrogen-bond acceptors (Lipinski definition) is 6. The lowest BCUT2D eigenvalue weighted by Gasteiger charge is -2.31. The highest BCUT2D eigenvalue weighted by atomic mass is 35.6. The summed E-state index contributed by atoms with van der Waals surface area (Å²) in [4.78, 5) is 35.5. The molecule has 0 rings (SSSR count). The van der Waals surface area contributed by atoms with Crippen molar-refractivity contribution < 1.29 is 28.6 Å². The van der Waals surface area contributed by atoms with Gasteiger partial charge in [-0.1, -0.05) is 19.7 Å². The van der Waals surface area contributed by atoms with Crippen molar-refractivity contribution in [3.8, 4) is 0 Å². The van der Waals surface area contributed by atoms with Gasteiger partial charge < -0.3 is 14.2 Å². The van der Waals surface area contributed by atoms with E-state index in [-0.39, 0.29) is 38.0 Å². The van der Waals surface area contributed by atoms with Crippen LogP contribution in [0.4, 0.5) is 0 Å². The summed E-state index contributed by atoms with van der Waals surface area (Å²) < 4.78 is 15.2. The van der Waals surface area contributed by atoms with Crippen LogP contribution in [0.1, 0.15) is 27.2 Å². The molecule has 0 aliphatic rings. The van der Waals surface area contributed by atoms with E-state index >= 15 is 0 Å². The maximum Gasteiger partial charge on any atom is 0.423 e. The predicted octanol–water partition coefficient (Wildman–Crippen LogP) is 2.66. The van der Waals surface area contributed by atoms with Crippen LogP contribution in [0, 0.1) is 0 Å². The van der Waals surface area contributed by atoms with E-state index in [0.29, 0.717) is 0 Å². The quantitative estimate of drug-likeness (QED) is 0.207. The third-order valence-electron chi connectivity index (χ3n) is 2.32. The van der Waals surface area contributed by atoms with Gasteiger partial charge in [0.05, 0.1) is 6.42 Å². The van der Waals surface area contributed by atoms with Crippen LogP contribution in [0.3, 0.4) is 0 Å². The van der Waals surface area contributed by atoms with E-state index in [9.17, 15) is 14.4 Å². The van der Waals surface area contributed by atoms with Gasteiger partial charge >= 0.3 is 23.9 Å². The molecule has 0 spiro atoms. The van der Waals surface area contributed by atoms with E-state index in [2.05, 4.69) is 19.7 Å². The molecule has 6 nitrogen and oxygen atoms in total. The molecule has 23 heavy (non-hydrogen) atoms. The highest BCUT2D eigenvalue weighted by Gasteiger charge is 2.43. The smallest absolute Gasteiger partial charge is 0.385 e. The fourth-order valence-corrected chi connectivity index (χ4v) is 1.79. The maximum absolute atomic E-state index is 11.8. The van der Waals surface area contributed by atoms with E-state index in [1.807, 2.05) is 0 Å². The van der Waals surface area contributed by atoms with Gasteiger partial charge in [0.15, 0.2) is 8.83 Å². The van der Waals surface area contributed by atoms with Crippen molar-refractivity contribution >= 4 is 37.8 Å². The Morgan fingerprint density at radius 1 is 0.870 bits per heavy atom. The lowest BCUT2D eigenvalue weighted by Crippen LogP contribution is -2.45. The molecule has 0 aliphatic carbocycles. The molecule has 0 aromatic heterocycles. The molecule has 0 bridgehead atoms. The lowest BCUT2D eigenvalue weighted by molar-refractivity contribution is -0.326. The van der Waals surface area contributed by atoms with Gasteiger partial charge in [-0.15, -0.1) is 0 Å². The van der Waals surface area contributed by atoms with Crippen molar-refractivity contribution in [3.63, 3.8) is 0 Å². The van der Waals surface area contributed by atoms with Crippen molar-refractivity contribution in [2.24, 2.45) is 0 Å². The van der Waals surface area contributed by atoms with Crippen LogP contribution in [0.2, 0.25) is 6.04 Å². The number of rotatable bonds is 9. The third-order valence-corrected chi connectivity index (χ3v) is 3.32. The number of esters is 3. The molecule has 126 valence electrons. The van der Waals surface area contributed by atoms with Crippen molar-refractivity contribution in [1.82, 2.24) is 0 Å². The van der Waals surface area contributed by atoms with E-state index in [1.54, 1.807) is 0 Å². The van der Waals surface area contributed by atoms with Gasteiger partial charge in [0.1, 0.15) is 0 Å². The first-order chi connectivity index (χ1) is 10.5. The second-order valence-electron chi connectivity index (χ2n) is 4.83. The topological polar surface area (TPSA) is 78.9 Å². The summed E-state index contributed by atoms with van der Waals surface area (Å²) >= 11 is 5.66. The average Bonchev–Trinajstić information content (AvgIpc) is 2.44. The number of hydrogen-bond donors (Lipinski definition) is 0. The molecule has 0 saturated carbocycles. The Labute approximate surface area is 142 Å². The Balaban J connectivity index is 5.67. The second kappa shape index (κ2) is 9.31. The second-order valence-corrected chi connectivity index (χ2v) is 6.40. The summed E-state index contributed by atoms with van der Waals surface area (Å²) in [5.41, 5.74) is 0.126. The van der Waals surface area contributed by atoms with E-state index in [0.717, 1.165) is 0 Å². The van der Waals surface area contributed by atoms with Gasteiger partial charge in [-0.05, 0) is 26.8 Å². The Bertz CT molecular complexity index is 471. The fourth-order valence-electron chi connectivity index (χ4n) is 1.10. The zero-order valence-corrected chi connectivity index (χ0v) is 15.1. The lowest BCUT2D eigenvalue weighted by atomic mass is 10.3. The highest BCUT2D eigenvalue weighted by molar-refractivity contribution is 6.93. The molecule has 0 N–H and O–H groups in total. The van der Waals surface area contributed by atoms with Crippen LogP contribution in [0.25, 0.3) is 0 Å². The normalized spacial score (nSPS) is 10.4. The molecule has 0 fully saturated rings. The molecule has 0 atom stereocenters. The fraction of sp³-hybridized carbons (Fsp3) is 0.400. The van der Waals surface area contributed by atoms with E-state index in [1.165, 1.54) is 20.8 Å². The number of halogens is 1. The molecule has 0 aromatic carbocycles. The maximum atomic E-state index is 11.8. The Morgan fingerprint density at radius 3 is 1.39 bits per heavy atom. The summed E-state index contributed by atoms with van der Waals surface area (Å²) in [5, 5.41) is 0. The van der Waals surface area contributed by atoms with Gasteiger partial charge in [-0.2, -0.15) is 11.1 Å². The van der Waals surface area contributed by atoms with Gasteiger partial charge in [0.2, 0.25) is 0 Å². The molecular weight excluding hydrogens is 340 g/mol. The van der Waals surface area contributed by atoms with Gasteiger partial charge in [-0.25, -0.2) is 14.4 Å². The number of carbonyl (C=O) groups is 3. The van der Waals surface area contributed by atoms with Gasteiger partial charge in [0.25, 0.3) is 0 Å². The Kier molecular flexibility index (Phi) is 8.56. The van der Waals surface area contributed by atoms with Crippen LogP contribution in [-0.4, -0.2) is 32.7 Å². The summed E-state index contributed by atoms with van der Waals surface area (Å²) in [6.07, 6.45) is -0.133. The molecule has 0 unspecified atom stereocenters. The largest absolute Gasteiger partial charge is 0.423 e. The molecule has 0 amide bonds. The third kappa shape index (κ3) is 7.29. The SMILES string of the molecule is C=C(C)C(=O)OC(CC[Si]Cl)(OC(=O)C(=C)C)OC(=O)C(=C)C. The zero-order valence-electron chi connectivity index (χ0n) is 13.4. The minimum Gasteiger partial charge on any atom is -0.385 e. The van der Waals surface area contributed by atoms with Crippen LogP contribution >= 0.6 is 11.1 Å². The molecule has 0 aliphatic heterocycles. The minimum atomic E-state index is -2.25. The van der Waals surface area contributed by atoms with Crippen LogP contribution in [0.5, 0.6) is 0 Å². The molecule has 0 aromatic rings. The van der Waals surface area contributed by atoms with Gasteiger partial charge in [0, 0.05) is 16.7 Å². The molecule has 2 radical (unpaired) electrons. The Morgan fingerprint density at radius 2 is 1.17 bits per heavy atom. The van der Waals surface area contributed by atoms with Crippen LogP contribution in [-0.2, 0) is 28.6 Å². The van der Waals surface area contributed by atoms with Gasteiger partial charge in [-0.3, -0.25) is 0 Å². The number of carbonyl (C=O) groups excluding carboxylic acids is 3. The van der Waals surface area contributed by atoms with Crippen molar-refractivity contribution in [2.45, 2.75) is 39.2 Å². The van der Waals surface area contributed by atoms with Crippen molar-refractivity contribution in [2.75, 3.05) is 0 Å². The first kappa shape index (κ1) is 21.1. The van der Waals surface area contributed by atoms with Crippen LogP contribution < -0.4 is 0 Å². The summed E-state index contributed by atoms with van der Waals surface area (Å²) in [5.74, 6) is -4.89. The monoisotopic (exact) mass is 358 g/mol. The first-order valence-corrected chi connectivity index (χ1v) is 8.76. The van der Waals surface area contributed by atoms with E-state index < -0.39 is 23.9 Å². The summed E-state index contributed by atoms with van der Waals surface area (Å²) in [7, 11) is -0.0643. The predicted molar refractivity (Wildman–Crippen MR) is 86.5 cm³/mol. The molecule has 0 heterocycles. The van der Waals surface area contributed by atoms with Crippen LogP contribution in [0.15, 0.2) is 36.5 Å². The average molecular weight is 359 g/mol. The zero-order chi connectivity index (χ0) is 18.2. The van der Waals surface area contributed by atoms with Crippen molar-refractivity contribution in [3.05, 3.63) is 36.5 Å². The van der Waals surface area contributed by atoms with E-state index in [4.69, 9.17) is 25.3 Å². The molecule has 8 heteroatoms. The number of ether oxygens (including phenoxy) is 3. The first-order valence-electron chi connectivity index (χ1n) is 6.54. The summed E-state index contributed by atoms with van der Waals surface area (Å²) in [6.45, 7) is 14.5. The summed E-state index contributed by atoms with van der Waals surface area (Å²) in [6, 6.07) is 0.276. The highest BCUT2D eigenvalue weighted by Crippen LogP contribution is 2.26.